The first-order chi connectivity index (χ1) is 5.11. The van der Waals surface area contributed by atoms with Gasteiger partial charge in [0.05, 0.1) is 0 Å². The number of rotatable bonds is 3. The van der Waals surface area contributed by atoms with Crippen LogP contribution in [0.1, 0.15) is 33.6 Å². The zero-order valence-electron chi connectivity index (χ0n) is 7.93. The van der Waals surface area contributed by atoms with Gasteiger partial charge in [0.2, 0.25) is 0 Å². The molecule has 2 atom stereocenters. The van der Waals surface area contributed by atoms with E-state index in [0.717, 1.165) is 11.7 Å². The van der Waals surface area contributed by atoms with Crippen LogP contribution in [0.15, 0.2) is 12.1 Å². The molecule has 0 aromatic rings. The topological polar surface area (TPSA) is 0 Å². The van der Waals surface area contributed by atoms with Gasteiger partial charge in [0.1, 0.15) is 7.28 Å². The second-order valence-electron chi connectivity index (χ2n) is 4.11. The molecule has 1 heteroatoms. The van der Waals surface area contributed by atoms with Crippen molar-refractivity contribution in [2.75, 3.05) is 0 Å². The van der Waals surface area contributed by atoms with Gasteiger partial charge in [0.15, 0.2) is 0 Å². The second-order valence-corrected chi connectivity index (χ2v) is 4.11. The fourth-order valence-corrected chi connectivity index (χ4v) is 1.41. The van der Waals surface area contributed by atoms with Crippen molar-refractivity contribution in [3.8, 4) is 0 Å². The van der Waals surface area contributed by atoms with Crippen LogP contribution in [-0.4, -0.2) is 7.28 Å². The Balaban J connectivity index is 2.25. The highest BCUT2D eigenvalue weighted by molar-refractivity contribution is 6.47. The molecule has 0 aromatic heterocycles. The average molecular weight is 149 g/mol. The van der Waals surface area contributed by atoms with Crippen molar-refractivity contribution >= 4 is 7.28 Å². The van der Waals surface area contributed by atoms with E-state index in [4.69, 9.17) is 0 Å². The summed E-state index contributed by atoms with van der Waals surface area (Å²) in [5.74, 6) is 2.37. The monoisotopic (exact) mass is 149 g/mol. The van der Waals surface area contributed by atoms with Crippen LogP contribution in [0.3, 0.4) is 0 Å². The quantitative estimate of drug-likeness (QED) is 0.541. The van der Waals surface area contributed by atoms with Gasteiger partial charge >= 0.3 is 0 Å². The zero-order valence-corrected chi connectivity index (χ0v) is 7.93. The predicted molar refractivity (Wildman–Crippen MR) is 51.9 cm³/mol. The minimum absolute atomic E-state index is 0.628. The van der Waals surface area contributed by atoms with E-state index in [1.54, 1.807) is 0 Å². The first-order valence-electron chi connectivity index (χ1n) is 4.65. The van der Waals surface area contributed by atoms with Gasteiger partial charge in [-0.1, -0.05) is 39.4 Å². The zero-order chi connectivity index (χ0) is 8.43. The Morgan fingerprint density at radius 1 is 1.45 bits per heavy atom. The third kappa shape index (κ3) is 2.11. The highest BCUT2D eigenvalue weighted by atomic mass is 14.2. The summed E-state index contributed by atoms with van der Waals surface area (Å²) in [5.41, 5.74) is 1.32. The predicted octanol–water partition coefficient (Wildman–Crippen LogP) is 3.08. The smallest absolute Gasteiger partial charge is 0.113 e. The number of hydrogen-bond acceptors (Lipinski definition) is 0. The Morgan fingerprint density at radius 2 is 2.09 bits per heavy atom. The normalized spacial score (nSPS) is 29.8. The Kier molecular flexibility index (Phi) is 2.81. The summed E-state index contributed by atoms with van der Waals surface area (Å²) in [6.45, 7) is 10.8. The van der Waals surface area contributed by atoms with E-state index in [9.17, 15) is 0 Å². The van der Waals surface area contributed by atoms with Crippen molar-refractivity contribution in [2.45, 2.75) is 39.4 Å². The summed E-state index contributed by atoms with van der Waals surface area (Å²) in [7, 11) is 2.37. The van der Waals surface area contributed by atoms with Crippen LogP contribution < -0.4 is 0 Å². The lowest BCUT2D eigenvalue weighted by molar-refractivity contribution is 0.344. The molecule has 0 N–H and O–H groups in total. The molecular formula is C10H18B. The van der Waals surface area contributed by atoms with E-state index in [1.807, 2.05) is 0 Å². The van der Waals surface area contributed by atoms with Crippen LogP contribution in [0.25, 0.3) is 0 Å². The third-order valence-corrected chi connectivity index (χ3v) is 2.86. The number of hydrogen-bond donors (Lipinski definition) is 0. The molecule has 61 valence electrons. The molecule has 1 aliphatic rings. The molecule has 1 fully saturated rings. The second kappa shape index (κ2) is 3.47. The van der Waals surface area contributed by atoms with Crippen molar-refractivity contribution in [1.29, 1.82) is 0 Å². The molecule has 1 radical (unpaired) electrons. The number of allylic oxidation sites excluding steroid dienone is 1. The van der Waals surface area contributed by atoms with Gasteiger partial charge in [-0.15, -0.1) is 12.1 Å². The van der Waals surface area contributed by atoms with Crippen LogP contribution in [0, 0.1) is 11.8 Å². The van der Waals surface area contributed by atoms with Crippen molar-refractivity contribution in [3.05, 3.63) is 12.1 Å². The Hall–Kier alpha value is -0.195. The fraction of sp³-hybridized carbons (Fsp3) is 0.800. The molecule has 0 nitrogen and oxygen atoms in total. The molecule has 0 spiro atoms. The molecule has 11 heavy (non-hydrogen) atoms. The summed E-state index contributed by atoms with van der Waals surface area (Å²) in [5, 5.41) is 0. The Morgan fingerprint density at radius 3 is 2.36 bits per heavy atom. The Labute approximate surface area is 71.3 Å². The highest BCUT2D eigenvalue weighted by Crippen LogP contribution is 2.39. The van der Waals surface area contributed by atoms with Gasteiger partial charge in [-0.2, -0.15) is 0 Å². The fourth-order valence-electron chi connectivity index (χ4n) is 1.41. The molecule has 1 saturated carbocycles. The standard InChI is InChI=1S/C10H18B/c1-7(2)9(4)11-10-6-5-8(10)3/h7-8,10H,4-6H2,1-3H3. The van der Waals surface area contributed by atoms with Gasteiger partial charge in [-0.3, -0.25) is 0 Å². The highest BCUT2D eigenvalue weighted by Gasteiger charge is 2.27. The van der Waals surface area contributed by atoms with Gasteiger partial charge in [-0.25, -0.2) is 0 Å². The lowest BCUT2D eigenvalue weighted by Gasteiger charge is -2.34. The maximum absolute atomic E-state index is 4.05. The lowest BCUT2D eigenvalue weighted by atomic mass is 9.46. The molecule has 0 heterocycles. The molecule has 1 rings (SSSR count). The maximum Gasteiger partial charge on any atom is 0.149 e. The molecule has 2 unspecified atom stereocenters. The molecule has 0 saturated heterocycles. The van der Waals surface area contributed by atoms with E-state index >= 15 is 0 Å². The minimum Gasteiger partial charge on any atom is -0.113 e. The van der Waals surface area contributed by atoms with E-state index in [-0.39, 0.29) is 0 Å². The SMILES string of the molecule is C=C([B]C1CCC1C)C(C)C. The lowest BCUT2D eigenvalue weighted by Crippen LogP contribution is -2.24. The summed E-state index contributed by atoms with van der Waals surface area (Å²) in [6.07, 6.45) is 2.79. The third-order valence-electron chi connectivity index (χ3n) is 2.86. The summed E-state index contributed by atoms with van der Waals surface area (Å²) in [4.78, 5) is 0. The van der Waals surface area contributed by atoms with Crippen molar-refractivity contribution in [3.63, 3.8) is 0 Å². The first-order valence-corrected chi connectivity index (χ1v) is 4.65. The van der Waals surface area contributed by atoms with E-state index in [2.05, 4.69) is 34.6 Å². The van der Waals surface area contributed by atoms with Gasteiger partial charge in [0, 0.05) is 0 Å². The van der Waals surface area contributed by atoms with Gasteiger partial charge in [0.25, 0.3) is 0 Å². The molecule has 1 aliphatic carbocycles. The molecule has 0 bridgehead atoms. The van der Waals surface area contributed by atoms with E-state index < -0.39 is 0 Å². The molecule has 0 aliphatic heterocycles. The van der Waals surface area contributed by atoms with Crippen molar-refractivity contribution in [2.24, 2.45) is 11.8 Å². The minimum atomic E-state index is 0.628. The van der Waals surface area contributed by atoms with E-state index in [1.165, 1.54) is 18.3 Å². The van der Waals surface area contributed by atoms with Crippen LogP contribution in [-0.2, 0) is 0 Å². The molecule has 0 aromatic carbocycles. The van der Waals surface area contributed by atoms with Crippen molar-refractivity contribution < 1.29 is 0 Å². The molecular weight excluding hydrogens is 131 g/mol. The van der Waals surface area contributed by atoms with Gasteiger partial charge < -0.3 is 0 Å². The summed E-state index contributed by atoms with van der Waals surface area (Å²) < 4.78 is 0. The van der Waals surface area contributed by atoms with Crippen LogP contribution in [0.2, 0.25) is 5.82 Å². The van der Waals surface area contributed by atoms with Crippen LogP contribution in [0.5, 0.6) is 0 Å². The molecule has 0 amide bonds. The summed E-state index contributed by atoms with van der Waals surface area (Å²) in [6, 6.07) is 0. The largest absolute Gasteiger partial charge is 0.149 e. The Bertz CT molecular complexity index is 149. The maximum atomic E-state index is 4.05. The van der Waals surface area contributed by atoms with Gasteiger partial charge in [-0.05, 0) is 11.8 Å². The summed E-state index contributed by atoms with van der Waals surface area (Å²) >= 11 is 0. The van der Waals surface area contributed by atoms with Crippen LogP contribution >= 0.6 is 0 Å². The average Bonchev–Trinajstić information content (AvgIpc) is 1.96. The first kappa shape index (κ1) is 8.90. The van der Waals surface area contributed by atoms with Crippen molar-refractivity contribution in [1.82, 2.24) is 0 Å². The van der Waals surface area contributed by atoms with E-state index in [0.29, 0.717) is 5.92 Å². The van der Waals surface area contributed by atoms with Crippen LogP contribution in [0.4, 0.5) is 0 Å².